The number of guanidine groups is 1. The summed E-state index contributed by atoms with van der Waals surface area (Å²) in [6.45, 7) is 14.5. The lowest BCUT2D eigenvalue weighted by atomic mass is 10.2. The highest BCUT2D eigenvalue weighted by Crippen LogP contribution is 2.23. The van der Waals surface area contributed by atoms with Crippen LogP contribution in [0.25, 0.3) is 0 Å². The summed E-state index contributed by atoms with van der Waals surface area (Å²) in [5, 5.41) is 3.35. The van der Waals surface area contributed by atoms with E-state index in [-0.39, 0.29) is 11.8 Å². The molecule has 2 heterocycles. The Labute approximate surface area is 175 Å². The maximum absolute atomic E-state index is 12.2. The Bertz CT molecular complexity index is 707. The molecule has 0 bridgehead atoms. The average molecular weight is 432 g/mol. The van der Waals surface area contributed by atoms with Crippen LogP contribution >= 0.6 is 0 Å². The maximum atomic E-state index is 12.2. The molecule has 2 aliphatic heterocycles. The summed E-state index contributed by atoms with van der Waals surface area (Å²) in [4.78, 5) is 22.5. The highest BCUT2D eigenvalue weighted by atomic mass is 32.2. The molecule has 9 nitrogen and oxygen atoms in total. The van der Waals surface area contributed by atoms with E-state index in [0.717, 1.165) is 25.6 Å². The van der Waals surface area contributed by atoms with Crippen molar-refractivity contribution in [3.8, 4) is 0 Å². The van der Waals surface area contributed by atoms with Crippen LogP contribution in [0.15, 0.2) is 4.99 Å². The van der Waals surface area contributed by atoms with Crippen LogP contribution in [-0.4, -0.2) is 111 Å². The minimum absolute atomic E-state index is 0.146. The van der Waals surface area contributed by atoms with Crippen LogP contribution in [0.2, 0.25) is 0 Å². The highest BCUT2D eigenvalue weighted by molar-refractivity contribution is 7.92. The number of carbonyl (C=O) groups is 1. The Morgan fingerprint density at radius 1 is 1.10 bits per heavy atom. The van der Waals surface area contributed by atoms with E-state index < -0.39 is 20.2 Å². The third kappa shape index (κ3) is 6.47. The Morgan fingerprint density at radius 3 is 2.24 bits per heavy atom. The summed E-state index contributed by atoms with van der Waals surface area (Å²) >= 11 is 0. The van der Waals surface area contributed by atoms with Crippen LogP contribution in [0.1, 0.15) is 34.6 Å². The van der Waals surface area contributed by atoms with Crippen molar-refractivity contribution >= 4 is 21.9 Å². The Kier molecular flexibility index (Phi) is 7.42. The van der Waals surface area contributed by atoms with Gasteiger partial charge in [0.15, 0.2) is 15.8 Å². The molecule has 0 spiro atoms. The molecule has 1 N–H and O–H groups in total. The molecular formula is C19H37N5O4S. The van der Waals surface area contributed by atoms with Crippen LogP contribution in [-0.2, 0) is 14.6 Å². The summed E-state index contributed by atoms with van der Waals surface area (Å²) in [5.41, 5.74) is -0.476. The Hall–Kier alpha value is -1.55. The van der Waals surface area contributed by atoms with E-state index in [1.165, 1.54) is 0 Å². The van der Waals surface area contributed by atoms with Gasteiger partial charge in [-0.25, -0.2) is 13.2 Å². The molecule has 2 rings (SSSR count). The van der Waals surface area contributed by atoms with E-state index in [0.29, 0.717) is 32.7 Å². The topological polar surface area (TPSA) is 94.6 Å². The Balaban J connectivity index is 1.75. The third-order valence-corrected chi connectivity index (χ3v) is 7.82. The van der Waals surface area contributed by atoms with E-state index in [9.17, 15) is 13.2 Å². The number of piperazine rings is 1. The lowest BCUT2D eigenvalue weighted by molar-refractivity contribution is 0.0147. The van der Waals surface area contributed by atoms with E-state index in [1.807, 2.05) is 25.7 Å². The second-order valence-corrected chi connectivity index (χ2v) is 12.0. The molecule has 0 radical (unpaired) electrons. The number of aliphatic imine (C=N–C) groups is 1. The van der Waals surface area contributed by atoms with Gasteiger partial charge in [0.2, 0.25) is 0 Å². The number of hydrogen-bond acceptors (Lipinski definition) is 6. The Morgan fingerprint density at radius 2 is 1.72 bits per heavy atom. The quantitative estimate of drug-likeness (QED) is 0.517. The third-order valence-electron chi connectivity index (χ3n) is 5.29. The molecule has 0 aliphatic carbocycles. The van der Waals surface area contributed by atoms with Crippen molar-refractivity contribution in [2.45, 2.75) is 45.0 Å². The second kappa shape index (κ2) is 9.07. The van der Waals surface area contributed by atoms with E-state index >= 15 is 0 Å². The van der Waals surface area contributed by atoms with Crippen LogP contribution in [0.5, 0.6) is 0 Å². The summed E-state index contributed by atoms with van der Waals surface area (Å²) < 4.78 is 29.1. The van der Waals surface area contributed by atoms with Crippen molar-refractivity contribution in [1.82, 2.24) is 20.0 Å². The van der Waals surface area contributed by atoms with E-state index in [1.54, 1.807) is 25.8 Å². The first-order valence-electron chi connectivity index (χ1n) is 10.2. The fourth-order valence-corrected chi connectivity index (χ4v) is 4.83. The molecule has 0 atom stereocenters. The first-order valence-corrected chi connectivity index (χ1v) is 11.9. The highest BCUT2D eigenvalue weighted by Gasteiger charge is 2.41. The number of ether oxygens (including phenoxy) is 1. The summed E-state index contributed by atoms with van der Waals surface area (Å²) in [7, 11) is -1.35. The van der Waals surface area contributed by atoms with Gasteiger partial charge in [-0.15, -0.1) is 0 Å². The monoisotopic (exact) mass is 431 g/mol. The minimum Gasteiger partial charge on any atom is -0.444 e. The molecule has 0 aromatic heterocycles. The smallest absolute Gasteiger partial charge is 0.410 e. The molecule has 1 amide bonds. The van der Waals surface area contributed by atoms with Gasteiger partial charge in [0.05, 0.1) is 10.5 Å². The van der Waals surface area contributed by atoms with Crippen LogP contribution in [0, 0.1) is 0 Å². The maximum Gasteiger partial charge on any atom is 0.410 e. The van der Waals surface area contributed by atoms with Gasteiger partial charge in [0.25, 0.3) is 0 Å². The number of nitrogens with zero attached hydrogens (tertiary/aromatic N) is 4. The largest absolute Gasteiger partial charge is 0.444 e. The van der Waals surface area contributed by atoms with E-state index in [4.69, 9.17) is 4.74 Å². The van der Waals surface area contributed by atoms with Crippen molar-refractivity contribution in [2.75, 3.05) is 65.2 Å². The van der Waals surface area contributed by atoms with E-state index in [2.05, 4.69) is 15.2 Å². The summed E-state index contributed by atoms with van der Waals surface area (Å²) in [6, 6.07) is 0. The van der Waals surface area contributed by atoms with Crippen LogP contribution in [0.3, 0.4) is 0 Å². The summed E-state index contributed by atoms with van der Waals surface area (Å²) in [6.07, 6.45) is -0.252. The second-order valence-electron chi connectivity index (χ2n) is 9.28. The van der Waals surface area contributed by atoms with Gasteiger partial charge in [-0.1, -0.05) is 0 Å². The molecule has 0 unspecified atom stereocenters. The zero-order valence-electron chi connectivity index (χ0n) is 18.7. The van der Waals surface area contributed by atoms with Gasteiger partial charge in [0.1, 0.15) is 5.60 Å². The van der Waals surface area contributed by atoms with Crippen molar-refractivity contribution < 1.29 is 17.9 Å². The number of sulfone groups is 1. The molecule has 0 saturated carbocycles. The van der Waals surface area contributed by atoms with Crippen molar-refractivity contribution in [2.24, 2.45) is 4.99 Å². The van der Waals surface area contributed by atoms with Crippen molar-refractivity contribution in [3.05, 3.63) is 0 Å². The fourth-order valence-electron chi connectivity index (χ4n) is 3.46. The fraction of sp³-hybridized carbons (Fsp3) is 0.895. The zero-order chi connectivity index (χ0) is 21.9. The number of amides is 1. The molecule has 0 aromatic carbocycles. The van der Waals surface area contributed by atoms with Gasteiger partial charge in [-0.2, -0.15) is 0 Å². The standard InChI is InChI=1S/C19H37N5O4S/c1-18(2,3)28-17(25)23-11-9-22(10-12-23)8-7-21-16(20-6)24-13-14-29(26,27)19(4,5)15-24/h7-15H2,1-6H3,(H,20,21). The number of nitrogens with one attached hydrogen (secondary N) is 1. The molecule has 2 aliphatic rings. The number of carbonyl (C=O) groups excluding carboxylic acids is 1. The van der Waals surface area contributed by atoms with Gasteiger partial charge in [-0.3, -0.25) is 9.89 Å². The zero-order valence-corrected chi connectivity index (χ0v) is 19.5. The SMILES string of the molecule is CN=C(NCCN1CCN(C(=O)OC(C)(C)C)CC1)N1CCS(=O)(=O)C(C)(C)C1. The lowest BCUT2D eigenvalue weighted by Gasteiger charge is -2.39. The predicted molar refractivity (Wildman–Crippen MR) is 115 cm³/mol. The predicted octanol–water partition coefficient (Wildman–Crippen LogP) is 0.624. The minimum atomic E-state index is -3.07. The van der Waals surface area contributed by atoms with Gasteiger partial charge >= 0.3 is 6.09 Å². The molecule has 2 saturated heterocycles. The molecule has 2 fully saturated rings. The molecular weight excluding hydrogens is 394 g/mol. The van der Waals surface area contributed by atoms with Crippen molar-refractivity contribution in [3.63, 3.8) is 0 Å². The van der Waals surface area contributed by atoms with Crippen LogP contribution < -0.4 is 5.32 Å². The number of hydrogen-bond donors (Lipinski definition) is 1. The first-order chi connectivity index (χ1) is 13.3. The number of rotatable bonds is 3. The molecule has 29 heavy (non-hydrogen) atoms. The molecule has 168 valence electrons. The molecule has 0 aromatic rings. The van der Waals surface area contributed by atoms with Crippen LogP contribution in [0.4, 0.5) is 4.79 Å². The summed E-state index contributed by atoms with van der Waals surface area (Å²) in [5.74, 6) is 0.883. The lowest BCUT2D eigenvalue weighted by Crippen LogP contribution is -2.58. The van der Waals surface area contributed by atoms with Crippen molar-refractivity contribution in [1.29, 1.82) is 0 Å². The average Bonchev–Trinajstić information content (AvgIpc) is 2.60. The normalized spacial score (nSPS) is 23.0. The molecule has 10 heteroatoms. The van der Waals surface area contributed by atoms with Gasteiger partial charge in [-0.05, 0) is 34.6 Å². The van der Waals surface area contributed by atoms with Gasteiger partial charge in [0, 0.05) is 59.4 Å². The first kappa shape index (κ1) is 23.7. The van der Waals surface area contributed by atoms with Gasteiger partial charge < -0.3 is 19.9 Å².